The first-order valence-corrected chi connectivity index (χ1v) is 7.93. The van der Waals surface area contributed by atoms with E-state index in [1.165, 1.54) is 5.56 Å². The van der Waals surface area contributed by atoms with Crippen molar-refractivity contribution in [2.75, 3.05) is 6.61 Å². The molecule has 1 aromatic rings. The van der Waals surface area contributed by atoms with Gasteiger partial charge in [-0.05, 0) is 55.7 Å². The molecule has 4 heteroatoms. The summed E-state index contributed by atoms with van der Waals surface area (Å²) in [4.78, 5) is 12.1. The van der Waals surface area contributed by atoms with Gasteiger partial charge in [0.2, 0.25) is 5.91 Å². The highest BCUT2D eigenvalue weighted by molar-refractivity contribution is 5.86. The number of primary amides is 1. The van der Waals surface area contributed by atoms with Crippen LogP contribution in [-0.4, -0.2) is 24.1 Å². The first-order chi connectivity index (χ1) is 10.1. The lowest BCUT2D eigenvalue weighted by atomic mass is 9.93. The van der Waals surface area contributed by atoms with E-state index in [0.29, 0.717) is 18.6 Å². The fourth-order valence-corrected chi connectivity index (χ4v) is 2.84. The Hall–Kier alpha value is -1.55. The van der Waals surface area contributed by atoms with E-state index < -0.39 is 5.54 Å². The van der Waals surface area contributed by atoms with Crippen LogP contribution in [0.3, 0.4) is 0 Å². The van der Waals surface area contributed by atoms with Gasteiger partial charge in [-0.25, -0.2) is 0 Å². The minimum absolute atomic E-state index is 0.274. The fraction of sp³-hybridized carbons (Fsp3) is 0.588. The van der Waals surface area contributed by atoms with E-state index in [-0.39, 0.29) is 5.91 Å². The molecule has 0 radical (unpaired) electrons. The third-order valence-corrected chi connectivity index (χ3v) is 4.53. The van der Waals surface area contributed by atoms with E-state index in [2.05, 4.69) is 18.3 Å². The van der Waals surface area contributed by atoms with Crippen LogP contribution in [0, 0.1) is 5.92 Å². The Balaban J connectivity index is 1.72. The monoisotopic (exact) mass is 288 g/mol. The molecule has 0 aliphatic heterocycles. The zero-order chi connectivity index (χ0) is 14.9. The van der Waals surface area contributed by atoms with Crippen LogP contribution in [0.4, 0.5) is 0 Å². The number of hydrogen-bond acceptors (Lipinski definition) is 3. The Morgan fingerprint density at radius 1 is 1.38 bits per heavy atom. The first kappa shape index (κ1) is 14.4. The molecule has 0 bridgehead atoms. The number of nitrogens with one attached hydrogen (secondary N) is 1. The summed E-state index contributed by atoms with van der Waals surface area (Å²) in [7, 11) is 0. The number of hydrogen-bond donors (Lipinski definition) is 2. The Kier molecular flexibility index (Phi) is 3.89. The second kappa shape index (κ2) is 5.68. The molecule has 3 rings (SSSR count). The summed E-state index contributed by atoms with van der Waals surface area (Å²) in [6.07, 6.45) is 5.35. The second-order valence-electron chi connectivity index (χ2n) is 6.32. The third-order valence-electron chi connectivity index (χ3n) is 4.53. The lowest BCUT2D eigenvalue weighted by Gasteiger charge is -2.32. The molecule has 0 saturated heterocycles. The summed E-state index contributed by atoms with van der Waals surface area (Å²) in [6.45, 7) is 2.45. The number of ether oxygens (including phenoxy) is 1. The summed E-state index contributed by atoms with van der Waals surface area (Å²) in [5.74, 6) is 0.867. The highest BCUT2D eigenvalue weighted by atomic mass is 16.5. The second-order valence-corrected chi connectivity index (χ2v) is 6.32. The lowest BCUT2D eigenvalue weighted by Crippen LogP contribution is -2.61. The maximum atomic E-state index is 12.1. The fourth-order valence-electron chi connectivity index (χ4n) is 2.84. The van der Waals surface area contributed by atoms with Crippen molar-refractivity contribution in [3.05, 3.63) is 29.8 Å². The van der Waals surface area contributed by atoms with E-state index in [4.69, 9.17) is 10.5 Å². The van der Waals surface area contributed by atoms with E-state index in [1.807, 2.05) is 18.2 Å². The molecule has 1 aromatic carbocycles. The zero-order valence-corrected chi connectivity index (χ0v) is 12.6. The van der Waals surface area contributed by atoms with Crippen molar-refractivity contribution in [2.24, 2.45) is 11.7 Å². The topological polar surface area (TPSA) is 64.3 Å². The van der Waals surface area contributed by atoms with Gasteiger partial charge in [-0.1, -0.05) is 19.1 Å². The predicted octanol–water partition coefficient (Wildman–Crippen LogP) is 2.01. The molecule has 4 nitrogen and oxygen atoms in total. The Labute approximate surface area is 126 Å². The summed E-state index contributed by atoms with van der Waals surface area (Å²) in [6, 6.07) is 8.48. The molecule has 114 valence electrons. The molecule has 1 unspecified atom stereocenters. The minimum Gasteiger partial charge on any atom is -0.491 e. The molecule has 2 aliphatic carbocycles. The SMILES string of the molecule is CCc1cccc(OCC(NC2CC2)(C(N)=O)C2CC2)c1. The normalized spacial score (nSPS) is 20.8. The molecule has 0 spiro atoms. The Morgan fingerprint density at radius 2 is 2.14 bits per heavy atom. The highest BCUT2D eigenvalue weighted by Gasteiger charge is 2.52. The average molecular weight is 288 g/mol. The number of carbonyl (C=O) groups is 1. The van der Waals surface area contributed by atoms with Gasteiger partial charge in [0.05, 0.1) is 0 Å². The molecular weight excluding hydrogens is 264 g/mol. The van der Waals surface area contributed by atoms with Crippen LogP contribution in [0.5, 0.6) is 5.75 Å². The van der Waals surface area contributed by atoms with Crippen molar-refractivity contribution >= 4 is 5.91 Å². The van der Waals surface area contributed by atoms with Crippen LogP contribution < -0.4 is 15.8 Å². The van der Waals surface area contributed by atoms with Crippen molar-refractivity contribution in [2.45, 2.75) is 50.6 Å². The summed E-state index contributed by atoms with van der Waals surface area (Å²) in [5.41, 5.74) is 6.27. The molecule has 1 atom stereocenters. The van der Waals surface area contributed by atoms with Crippen molar-refractivity contribution in [1.29, 1.82) is 0 Å². The molecule has 3 N–H and O–H groups in total. The zero-order valence-electron chi connectivity index (χ0n) is 12.6. The largest absolute Gasteiger partial charge is 0.491 e. The molecule has 0 aromatic heterocycles. The Bertz CT molecular complexity index is 523. The smallest absolute Gasteiger partial charge is 0.241 e. The van der Waals surface area contributed by atoms with E-state index >= 15 is 0 Å². The van der Waals surface area contributed by atoms with Gasteiger partial charge in [-0.2, -0.15) is 0 Å². The standard InChI is InChI=1S/C17H24N2O2/c1-2-12-4-3-5-15(10-12)21-11-17(16(18)20,13-6-7-13)19-14-8-9-14/h3-5,10,13-14,19H,2,6-9,11H2,1H3,(H2,18,20). The highest BCUT2D eigenvalue weighted by Crippen LogP contribution is 2.42. The van der Waals surface area contributed by atoms with Crippen LogP contribution >= 0.6 is 0 Å². The molecular formula is C17H24N2O2. The number of carbonyl (C=O) groups excluding carboxylic acids is 1. The number of nitrogens with two attached hydrogens (primary N) is 1. The number of amides is 1. The lowest BCUT2D eigenvalue weighted by molar-refractivity contribution is -0.126. The Morgan fingerprint density at radius 3 is 2.71 bits per heavy atom. The van der Waals surface area contributed by atoms with Gasteiger partial charge in [-0.15, -0.1) is 0 Å². The van der Waals surface area contributed by atoms with Crippen molar-refractivity contribution in [1.82, 2.24) is 5.32 Å². The minimum atomic E-state index is -0.691. The maximum absolute atomic E-state index is 12.1. The third kappa shape index (κ3) is 3.21. The van der Waals surface area contributed by atoms with Crippen molar-refractivity contribution in [3.63, 3.8) is 0 Å². The number of benzene rings is 1. The number of aryl methyl sites for hydroxylation is 1. The van der Waals surface area contributed by atoms with Gasteiger partial charge in [0.1, 0.15) is 17.9 Å². The van der Waals surface area contributed by atoms with Crippen LogP contribution in [0.25, 0.3) is 0 Å². The van der Waals surface area contributed by atoms with Crippen LogP contribution in [0.15, 0.2) is 24.3 Å². The van der Waals surface area contributed by atoms with Crippen molar-refractivity contribution < 1.29 is 9.53 Å². The molecule has 2 fully saturated rings. The van der Waals surface area contributed by atoms with E-state index in [9.17, 15) is 4.79 Å². The van der Waals surface area contributed by atoms with Crippen LogP contribution in [0.2, 0.25) is 0 Å². The molecule has 2 saturated carbocycles. The molecule has 21 heavy (non-hydrogen) atoms. The van der Waals surface area contributed by atoms with Gasteiger partial charge >= 0.3 is 0 Å². The van der Waals surface area contributed by atoms with Gasteiger partial charge in [0.25, 0.3) is 0 Å². The summed E-state index contributed by atoms with van der Waals surface area (Å²) in [5, 5.41) is 3.47. The first-order valence-electron chi connectivity index (χ1n) is 7.93. The summed E-state index contributed by atoms with van der Waals surface area (Å²) < 4.78 is 5.94. The molecule has 1 amide bonds. The quantitative estimate of drug-likeness (QED) is 0.769. The summed E-state index contributed by atoms with van der Waals surface area (Å²) >= 11 is 0. The van der Waals surface area contributed by atoms with Gasteiger partial charge in [0, 0.05) is 6.04 Å². The molecule has 2 aliphatic rings. The average Bonchev–Trinajstić information content (AvgIpc) is 3.36. The van der Waals surface area contributed by atoms with E-state index in [0.717, 1.165) is 37.9 Å². The van der Waals surface area contributed by atoms with Gasteiger partial charge in [-0.3, -0.25) is 10.1 Å². The van der Waals surface area contributed by atoms with E-state index in [1.54, 1.807) is 0 Å². The predicted molar refractivity (Wildman–Crippen MR) is 82.1 cm³/mol. The van der Waals surface area contributed by atoms with Crippen LogP contribution in [-0.2, 0) is 11.2 Å². The van der Waals surface area contributed by atoms with Crippen LogP contribution in [0.1, 0.15) is 38.2 Å². The molecule has 0 heterocycles. The van der Waals surface area contributed by atoms with Crippen molar-refractivity contribution in [3.8, 4) is 5.75 Å². The number of rotatable bonds is 8. The van der Waals surface area contributed by atoms with Gasteiger partial charge < -0.3 is 10.5 Å². The maximum Gasteiger partial charge on any atom is 0.241 e. The van der Waals surface area contributed by atoms with Gasteiger partial charge in [0.15, 0.2) is 0 Å².